The van der Waals surface area contributed by atoms with Crippen molar-refractivity contribution < 1.29 is 4.74 Å². The zero-order chi connectivity index (χ0) is 12.4. The first kappa shape index (κ1) is 11.6. The van der Waals surface area contributed by atoms with Crippen LogP contribution in [0.4, 0.5) is 0 Å². The molecule has 1 unspecified atom stereocenters. The van der Waals surface area contributed by atoms with E-state index in [9.17, 15) is 0 Å². The number of aromatic nitrogens is 3. The van der Waals surface area contributed by atoms with Gasteiger partial charge in [-0.15, -0.1) is 0 Å². The lowest BCUT2D eigenvalue weighted by Gasteiger charge is -2.23. The predicted octanol–water partition coefficient (Wildman–Crippen LogP) is 1.50. The fourth-order valence-electron chi connectivity index (χ4n) is 2.44. The summed E-state index contributed by atoms with van der Waals surface area (Å²) < 4.78 is 8.07. The maximum Gasteiger partial charge on any atom is 0.140 e. The van der Waals surface area contributed by atoms with Crippen molar-refractivity contribution in [1.29, 1.82) is 0 Å². The highest BCUT2D eigenvalue weighted by Crippen LogP contribution is 2.23. The third-order valence-electron chi connectivity index (χ3n) is 3.24. The monoisotopic (exact) mass is 246 g/mol. The Kier molecular flexibility index (Phi) is 3.25. The van der Waals surface area contributed by atoms with Gasteiger partial charge in [-0.05, 0) is 12.5 Å². The van der Waals surface area contributed by atoms with E-state index in [1.54, 1.807) is 0 Å². The molecule has 3 rings (SSSR count). The van der Waals surface area contributed by atoms with E-state index < -0.39 is 0 Å². The standard InChI is InChI=1S/C13H18N4O/c1-2-6-17-11-3-4-14-8-10(11)16-13(17)12-9-15-5-7-18-12/h3-4,8,12,15H,2,5-7,9H2,1H3. The number of imidazole rings is 1. The van der Waals surface area contributed by atoms with Crippen LogP contribution in [0.2, 0.25) is 0 Å². The average molecular weight is 246 g/mol. The van der Waals surface area contributed by atoms with E-state index >= 15 is 0 Å². The lowest BCUT2D eigenvalue weighted by Crippen LogP contribution is -2.34. The Morgan fingerprint density at radius 2 is 2.50 bits per heavy atom. The fourth-order valence-corrected chi connectivity index (χ4v) is 2.44. The topological polar surface area (TPSA) is 52.0 Å². The summed E-state index contributed by atoms with van der Waals surface area (Å²) in [7, 11) is 0. The van der Waals surface area contributed by atoms with Crippen LogP contribution in [0.15, 0.2) is 18.5 Å². The quantitative estimate of drug-likeness (QED) is 0.891. The molecule has 1 aliphatic heterocycles. The van der Waals surface area contributed by atoms with Crippen LogP contribution in [0.25, 0.3) is 11.0 Å². The summed E-state index contributed by atoms with van der Waals surface area (Å²) in [6, 6.07) is 2.03. The van der Waals surface area contributed by atoms with Crippen LogP contribution in [0.1, 0.15) is 25.3 Å². The Morgan fingerprint density at radius 1 is 1.56 bits per heavy atom. The molecule has 0 saturated carbocycles. The maximum atomic E-state index is 5.81. The second-order valence-electron chi connectivity index (χ2n) is 4.55. The number of nitrogens with one attached hydrogen (secondary N) is 1. The smallest absolute Gasteiger partial charge is 0.140 e. The molecule has 2 aromatic rings. The average Bonchev–Trinajstić information content (AvgIpc) is 2.80. The maximum absolute atomic E-state index is 5.81. The molecule has 5 heteroatoms. The van der Waals surface area contributed by atoms with Gasteiger partial charge in [-0.3, -0.25) is 4.98 Å². The van der Waals surface area contributed by atoms with Crippen LogP contribution < -0.4 is 5.32 Å². The summed E-state index contributed by atoms with van der Waals surface area (Å²) in [6.45, 7) is 5.65. The Bertz CT molecular complexity index is 531. The molecule has 1 atom stereocenters. The van der Waals surface area contributed by atoms with Crippen LogP contribution in [0.5, 0.6) is 0 Å². The van der Waals surface area contributed by atoms with Gasteiger partial charge in [0.05, 0.1) is 18.3 Å². The molecule has 1 fully saturated rings. The molecule has 0 aliphatic carbocycles. The van der Waals surface area contributed by atoms with Gasteiger partial charge >= 0.3 is 0 Å². The summed E-state index contributed by atoms with van der Waals surface area (Å²) in [5, 5.41) is 3.35. The van der Waals surface area contributed by atoms with Gasteiger partial charge in [-0.25, -0.2) is 4.98 Å². The number of rotatable bonds is 3. The predicted molar refractivity (Wildman–Crippen MR) is 69.4 cm³/mol. The molecular weight excluding hydrogens is 228 g/mol. The van der Waals surface area contributed by atoms with E-state index in [1.165, 1.54) is 0 Å². The first-order chi connectivity index (χ1) is 8.90. The van der Waals surface area contributed by atoms with Crippen LogP contribution in [0.3, 0.4) is 0 Å². The molecule has 5 nitrogen and oxygen atoms in total. The number of ether oxygens (including phenoxy) is 1. The second kappa shape index (κ2) is 5.04. The highest BCUT2D eigenvalue weighted by atomic mass is 16.5. The van der Waals surface area contributed by atoms with Gasteiger partial charge in [0.2, 0.25) is 0 Å². The molecule has 0 bridgehead atoms. The number of hydrogen-bond acceptors (Lipinski definition) is 4. The third kappa shape index (κ3) is 2.00. The number of nitrogens with zero attached hydrogens (tertiary/aromatic N) is 3. The molecule has 0 amide bonds. The van der Waals surface area contributed by atoms with E-state index in [4.69, 9.17) is 9.72 Å². The van der Waals surface area contributed by atoms with Crippen molar-refractivity contribution >= 4 is 11.0 Å². The van der Waals surface area contributed by atoms with Gasteiger partial charge in [0.25, 0.3) is 0 Å². The van der Waals surface area contributed by atoms with Gasteiger partial charge in [0.1, 0.15) is 17.4 Å². The zero-order valence-electron chi connectivity index (χ0n) is 10.6. The van der Waals surface area contributed by atoms with Crippen LogP contribution in [-0.4, -0.2) is 34.2 Å². The summed E-state index contributed by atoms with van der Waals surface area (Å²) in [6.07, 6.45) is 4.78. The molecule has 1 aliphatic rings. The van der Waals surface area contributed by atoms with Gasteiger partial charge in [-0.2, -0.15) is 0 Å². The Hall–Kier alpha value is -1.46. The summed E-state index contributed by atoms with van der Waals surface area (Å²) >= 11 is 0. The van der Waals surface area contributed by atoms with Crippen molar-refractivity contribution in [3.63, 3.8) is 0 Å². The van der Waals surface area contributed by atoms with Gasteiger partial charge in [-0.1, -0.05) is 6.92 Å². The Balaban J connectivity index is 2.05. The first-order valence-electron chi connectivity index (χ1n) is 6.52. The minimum Gasteiger partial charge on any atom is -0.368 e. The van der Waals surface area contributed by atoms with Crippen LogP contribution >= 0.6 is 0 Å². The van der Waals surface area contributed by atoms with E-state index in [-0.39, 0.29) is 6.10 Å². The van der Waals surface area contributed by atoms with E-state index in [2.05, 4.69) is 21.8 Å². The SMILES string of the molecule is CCCn1c(C2CNCCO2)nc2cnccc21. The molecule has 0 aromatic carbocycles. The fraction of sp³-hybridized carbons (Fsp3) is 0.538. The summed E-state index contributed by atoms with van der Waals surface area (Å²) in [4.78, 5) is 8.83. The molecule has 3 heterocycles. The molecule has 96 valence electrons. The molecule has 1 saturated heterocycles. The Labute approximate surface area is 106 Å². The minimum absolute atomic E-state index is 0.0534. The molecule has 1 N–H and O–H groups in total. The van der Waals surface area contributed by atoms with Gasteiger partial charge in [0, 0.05) is 25.8 Å². The molecule has 0 radical (unpaired) electrons. The van der Waals surface area contributed by atoms with Crippen LogP contribution in [-0.2, 0) is 11.3 Å². The zero-order valence-corrected chi connectivity index (χ0v) is 10.6. The number of pyridine rings is 1. The largest absolute Gasteiger partial charge is 0.368 e. The first-order valence-corrected chi connectivity index (χ1v) is 6.52. The number of morpholine rings is 1. The Morgan fingerprint density at radius 3 is 3.28 bits per heavy atom. The van der Waals surface area contributed by atoms with Gasteiger partial charge in [0.15, 0.2) is 0 Å². The van der Waals surface area contributed by atoms with Crippen molar-refractivity contribution in [3.8, 4) is 0 Å². The third-order valence-corrected chi connectivity index (χ3v) is 3.24. The second-order valence-corrected chi connectivity index (χ2v) is 4.55. The van der Waals surface area contributed by atoms with Crippen molar-refractivity contribution in [3.05, 3.63) is 24.3 Å². The van der Waals surface area contributed by atoms with Crippen molar-refractivity contribution in [2.45, 2.75) is 26.0 Å². The summed E-state index contributed by atoms with van der Waals surface area (Å²) in [5.41, 5.74) is 2.10. The van der Waals surface area contributed by atoms with Crippen molar-refractivity contribution in [1.82, 2.24) is 19.9 Å². The summed E-state index contributed by atoms with van der Waals surface area (Å²) in [5.74, 6) is 1.02. The highest BCUT2D eigenvalue weighted by molar-refractivity contribution is 5.74. The molecule has 0 spiro atoms. The number of fused-ring (bicyclic) bond motifs is 1. The molecule has 18 heavy (non-hydrogen) atoms. The number of aryl methyl sites for hydroxylation is 1. The highest BCUT2D eigenvalue weighted by Gasteiger charge is 2.22. The van der Waals surface area contributed by atoms with E-state index in [0.29, 0.717) is 0 Å². The lowest BCUT2D eigenvalue weighted by atomic mass is 10.3. The van der Waals surface area contributed by atoms with Crippen molar-refractivity contribution in [2.24, 2.45) is 0 Å². The number of hydrogen-bond donors (Lipinski definition) is 1. The normalized spacial score (nSPS) is 20.4. The lowest BCUT2D eigenvalue weighted by molar-refractivity contribution is 0.0202. The molecule has 2 aromatic heterocycles. The minimum atomic E-state index is 0.0534. The van der Waals surface area contributed by atoms with Crippen molar-refractivity contribution in [2.75, 3.05) is 19.7 Å². The van der Waals surface area contributed by atoms with Crippen LogP contribution in [0, 0.1) is 0 Å². The van der Waals surface area contributed by atoms with E-state index in [1.807, 2.05) is 18.5 Å². The van der Waals surface area contributed by atoms with E-state index in [0.717, 1.165) is 49.5 Å². The van der Waals surface area contributed by atoms with Gasteiger partial charge < -0.3 is 14.6 Å². The molecular formula is C13H18N4O.